The molecule has 1 aromatic rings. The Hall–Kier alpha value is -1.78. The van der Waals surface area contributed by atoms with E-state index in [0.29, 0.717) is 18.4 Å². The normalized spacial score (nSPS) is 10.4. The second-order valence-electron chi connectivity index (χ2n) is 4.06. The summed E-state index contributed by atoms with van der Waals surface area (Å²) in [6.45, 7) is 6.52. The molecule has 0 radical (unpaired) electrons. The van der Waals surface area contributed by atoms with Crippen LogP contribution in [-0.4, -0.2) is 17.6 Å². The zero-order valence-electron chi connectivity index (χ0n) is 11.1. The van der Waals surface area contributed by atoms with Gasteiger partial charge in [0.05, 0.1) is 17.6 Å². The van der Waals surface area contributed by atoms with Crippen molar-refractivity contribution in [1.82, 2.24) is 0 Å². The van der Waals surface area contributed by atoms with Gasteiger partial charge in [-0.25, -0.2) is 0 Å². The van der Waals surface area contributed by atoms with Crippen molar-refractivity contribution >= 4 is 11.4 Å². The molecular formula is C13H20N2O3. The van der Waals surface area contributed by atoms with Gasteiger partial charge in [-0.05, 0) is 19.8 Å². The van der Waals surface area contributed by atoms with Gasteiger partial charge in [0.25, 0.3) is 5.69 Å². The number of non-ortho nitro benzene ring substituents is 1. The van der Waals surface area contributed by atoms with E-state index in [0.717, 1.165) is 18.5 Å². The molecular weight excluding hydrogens is 232 g/mol. The fourth-order valence-corrected chi connectivity index (χ4v) is 1.75. The number of rotatable bonds is 7. The molecule has 0 aliphatic carbocycles. The lowest BCUT2D eigenvalue weighted by molar-refractivity contribution is -0.384. The molecule has 1 rings (SSSR count). The molecule has 5 heteroatoms. The molecule has 0 saturated heterocycles. The van der Waals surface area contributed by atoms with Crippen LogP contribution in [-0.2, 0) is 0 Å². The third kappa shape index (κ3) is 3.91. The van der Waals surface area contributed by atoms with E-state index in [2.05, 4.69) is 19.2 Å². The van der Waals surface area contributed by atoms with Gasteiger partial charge < -0.3 is 10.1 Å². The van der Waals surface area contributed by atoms with E-state index in [1.165, 1.54) is 6.07 Å². The molecule has 0 aliphatic rings. The minimum Gasteiger partial charge on any atom is -0.494 e. The van der Waals surface area contributed by atoms with Crippen LogP contribution in [0.1, 0.15) is 33.6 Å². The van der Waals surface area contributed by atoms with Crippen molar-refractivity contribution < 1.29 is 9.66 Å². The second kappa shape index (κ2) is 6.83. The molecule has 0 bridgehead atoms. The average Bonchev–Trinajstić information content (AvgIpc) is 2.36. The SMILES string of the molecule is CCOc1cc(NC(CC)CC)cc([N+](=O)[O-])c1. The fraction of sp³-hybridized carbons (Fsp3) is 0.538. The zero-order valence-corrected chi connectivity index (χ0v) is 11.1. The largest absolute Gasteiger partial charge is 0.494 e. The Labute approximate surface area is 107 Å². The smallest absolute Gasteiger partial charge is 0.275 e. The topological polar surface area (TPSA) is 64.4 Å². The van der Waals surface area contributed by atoms with Crippen LogP contribution in [0.3, 0.4) is 0 Å². The molecule has 5 nitrogen and oxygen atoms in total. The maximum Gasteiger partial charge on any atom is 0.275 e. The van der Waals surface area contributed by atoms with Crippen molar-refractivity contribution in [2.75, 3.05) is 11.9 Å². The minimum atomic E-state index is -0.402. The quantitative estimate of drug-likeness (QED) is 0.595. The highest BCUT2D eigenvalue weighted by molar-refractivity contribution is 5.56. The van der Waals surface area contributed by atoms with Gasteiger partial charge in [0.15, 0.2) is 0 Å². The highest BCUT2D eigenvalue weighted by atomic mass is 16.6. The second-order valence-corrected chi connectivity index (χ2v) is 4.06. The van der Waals surface area contributed by atoms with Gasteiger partial charge in [0.1, 0.15) is 5.75 Å². The van der Waals surface area contributed by atoms with Crippen LogP contribution in [0.4, 0.5) is 11.4 Å². The monoisotopic (exact) mass is 252 g/mol. The molecule has 0 heterocycles. The number of nitrogens with one attached hydrogen (secondary N) is 1. The van der Waals surface area contributed by atoms with Crippen molar-refractivity contribution in [1.29, 1.82) is 0 Å². The lowest BCUT2D eigenvalue weighted by Crippen LogP contribution is -2.17. The summed E-state index contributed by atoms with van der Waals surface area (Å²) in [5.41, 5.74) is 0.788. The van der Waals surface area contributed by atoms with Crippen molar-refractivity contribution in [3.63, 3.8) is 0 Å². The number of nitro benzene ring substituents is 1. The summed E-state index contributed by atoms with van der Waals surface area (Å²) in [6, 6.07) is 5.11. The molecule has 0 saturated carbocycles. The van der Waals surface area contributed by atoms with Gasteiger partial charge in [-0.2, -0.15) is 0 Å². The summed E-state index contributed by atoms with van der Waals surface area (Å²) in [4.78, 5) is 10.5. The summed E-state index contributed by atoms with van der Waals surface area (Å²) in [6.07, 6.45) is 1.95. The zero-order chi connectivity index (χ0) is 13.5. The van der Waals surface area contributed by atoms with Gasteiger partial charge in [0, 0.05) is 23.9 Å². The maximum atomic E-state index is 10.9. The summed E-state index contributed by atoms with van der Waals surface area (Å²) in [7, 11) is 0. The first-order valence-corrected chi connectivity index (χ1v) is 6.29. The molecule has 0 amide bonds. The molecule has 1 N–H and O–H groups in total. The van der Waals surface area contributed by atoms with Crippen molar-refractivity contribution in [3.8, 4) is 5.75 Å². The van der Waals surface area contributed by atoms with Gasteiger partial charge in [-0.1, -0.05) is 13.8 Å². The average molecular weight is 252 g/mol. The number of hydrogen-bond acceptors (Lipinski definition) is 4. The number of ether oxygens (including phenoxy) is 1. The Morgan fingerprint density at radius 2 is 1.94 bits per heavy atom. The maximum absolute atomic E-state index is 10.9. The highest BCUT2D eigenvalue weighted by Crippen LogP contribution is 2.27. The molecule has 1 aromatic carbocycles. The molecule has 100 valence electrons. The van der Waals surface area contributed by atoms with Gasteiger partial charge in [0.2, 0.25) is 0 Å². The number of nitrogens with zero attached hydrogens (tertiary/aromatic N) is 1. The predicted molar refractivity (Wildman–Crippen MR) is 72.3 cm³/mol. The molecule has 0 aromatic heterocycles. The first-order valence-electron chi connectivity index (χ1n) is 6.29. The molecule has 0 unspecified atom stereocenters. The van der Waals surface area contributed by atoms with Crippen LogP contribution < -0.4 is 10.1 Å². The van der Waals surface area contributed by atoms with E-state index in [-0.39, 0.29) is 5.69 Å². The first kappa shape index (κ1) is 14.3. The van der Waals surface area contributed by atoms with Gasteiger partial charge >= 0.3 is 0 Å². The van der Waals surface area contributed by atoms with Crippen LogP contribution in [0.15, 0.2) is 18.2 Å². The summed E-state index contributed by atoms with van der Waals surface area (Å²) in [5, 5.41) is 14.1. The molecule has 0 atom stereocenters. The van der Waals surface area contributed by atoms with E-state index in [1.807, 2.05) is 6.92 Å². The standard InChI is InChI=1S/C13H20N2O3/c1-4-10(5-2)14-11-7-12(15(16)17)9-13(8-11)18-6-3/h7-10,14H,4-6H2,1-3H3. The summed E-state index contributed by atoms with van der Waals surface area (Å²) in [5.74, 6) is 0.528. The molecule has 0 fully saturated rings. The lowest BCUT2D eigenvalue weighted by Gasteiger charge is -2.16. The lowest BCUT2D eigenvalue weighted by atomic mass is 10.1. The van der Waals surface area contributed by atoms with Crippen LogP contribution in [0.25, 0.3) is 0 Å². The molecule has 18 heavy (non-hydrogen) atoms. The van der Waals surface area contributed by atoms with Crippen molar-refractivity contribution in [3.05, 3.63) is 28.3 Å². The third-order valence-corrected chi connectivity index (χ3v) is 2.77. The number of benzene rings is 1. The number of nitro groups is 1. The Bertz CT molecular complexity index is 403. The van der Waals surface area contributed by atoms with Crippen molar-refractivity contribution in [2.45, 2.75) is 39.7 Å². The number of anilines is 1. The Balaban J connectivity index is 2.98. The van der Waals surface area contributed by atoms with Gasteiger partial charge in [-0.3, -0.25) is 10.1 Å². The van der Waals surface area contributed by atoms with E-state index in [9.17, 15) is 10.1 Å². The van der Waals surface area contributed by atoms with E-state index in [1.54, 1.807) is 12.1 Å². The first-order chi connectivity index (χ1) is 8.60. The fourth-order valence-electron chi connectivity index (χ4n) is 1.75. The minimum absolute atomic E-state index is 0.0504. The van der Waals surface area contributed by atoms with Crippen molar-refractivity contribution in [2.24, 2.45) is 0 Å². The molecule has 0 aliphatic heterocycles. The van der Waals surface area contributed by atoms with Crippen LogP contribution in [0.5, 0.6) is 5.75 Å². The Morgan fingerprint density at radius 3 is 2.44 bits per heavy atom. The Morgan fingerprint density at radius 1 is 1.28 bits per heavy atom. The van der Waals surface area contributed by atoms with E-state index >= 15 is 0 Å². The van der Waals surface area contributed by atoms with Gasteiger partial charge in [-0.15, -0.1) is 0 Å². The van der Waals surface area contributed by atoms with E-state index in [4.69, 9.17) is 4.74 Å². The predicted octanol–water partition coefficient (Wildman–Crippen LogP) is 3.59. The Kier molecular flexibility index (Phi) is 5.42. The van der Waals surface area contributed by atoms with Crippen LogP contribution in [0, 0.1) is 10.1 Å². The van der Waals surface area contributed by atoms with Crippen LogP contribution in [0.2, 0.25) is 0 Å². The summed E-state index contributed by atoms with van der Waals surface area (Å²) >= 11 is 0. The molecule has 0 spiro atoms. The third-order valence-electron chi connectivity index (χ3n) is 2.77. The van der Waals surface area contributed by atoms with Crippen LogP contribution >= 0.6 is 0 Å². The number of hydrogen-bond donors (Lipinski definition) is 1. The summed E-state index contributed by atoms with van der Waals surface area (Å²) < 4.78 is 5.34. The van der Waals surface area contributed by atoms with E-state index < -0.39 is 4.92 Å². The highest BCUT2D eigenvalue weighted by Gasteiger charge is 2.12.